The summed E-state index contributed by atoms with van der Waals surface area (Å²) in [7, 11) is 0. The Balaban J connectivity index is 1.34. The number of thiazole rings is 1. The van der Waals surface area contributed by atoms with Crippen LogP contribution in [0, 0.1) is 12.5 Å². The highest BCUT2D eigenvalue weighted by Gasteiger charge is 2.61. The largest absolute Gasteiger partial charge is 0.493 e. The first-order valence-electron chi connectivity index (χ1n) is 12.2. The van der Waals surface area contributed by atoms with Crippen molar-refractivity contribution < 1.29 is 19.1 Å². The van der Waals surface area contributed by atoms with Gasteiger partial charge in [-0.25, -0.2) is 9.83 Å². The lowest BCUT2D eigenvalue weighted by Crippen LogP contribution is -2.27. The van der Waals surface area contributed by atoms with E-state index in [1.807, 2.05) is 23.6 Å². The van der Waals surface area contributed by atoms with Crippen molar-refractivity contribution in [2.45, 2.75) is 44.4 Å². The van der Waals surface area contributed by atoms with Gasteiger partial charge in [-0.15, -0.1) is 11.3 Å². The molecule has 8 heteroatoms. The fourth-order valence-corrected chi connectivity index (χ4v) is 5.72. The molecular weight excluding hydrogens is 474 g/mol. The summed E-state index contributed by atoms with van der Waals surface area (Å²) in [5.41, 5.74) is 3.89. The van der Waals surface area contributed by atoms with Crippen molar-refractivity contribution in [1.82, 2.24) is 4.98 Å². The Kier molecular flexibility index (Phi) is 6.75. The number of rotatable bonds is 8. The van der Waals surface area contributed by atoms with Crippen molar-refractivity contribution in [1.29, 1.82) is 0 Å². The number of carbonyl (C=O) groups excluding carboxylic acids is 2. The van der Waals surface area contributed by atoms with Gasteiger partial charge >= 0.3 is 5.97 Å². The minimum Gasteiger partial charge on any atom is -0.493 e. The van der Waals surface area contributed by atoms with E-state index in [1.54, 1.807) is 36.6 Å². The Hall–Kier alpha value is -3.70. The number of hydrogen-bond acceptors (Lipinski definition) is 6. The van der Waals surface area contributed by atoms with E-state index in [1.165, 1.54) is 0 Å². The van der Waals surface area contributed by atoms with Crippen molar-refractivity contribution in [3.8, 4) is 16.3 Å². The summed E-state index contributed by atoms with van der Waals surface area (Å²) in [5.74, 6) is 0.398. The van der Waals surface area contributed by atoms with Crippen LogP contribution in [0.3, 0.4) is 0 Å². The number of carbonyl (C=O) groups is 2. The van der Waals surface area contributed by atoms with Gasteiger partial charge in [0, 0.05) is 46.1 Å². The molecule has 1 amide bonds. The van der Waals surface area contributed by atoms with E-state index < -0.39 is 0 Å². The number of hydrogen-bond donors (Lipinski definition) is 1. The van der Waals surface area contributed by atoms with Gasteiger partial charge in [-0.2, -0.15) is 0 Å². The molecule has 5 rings (SSSR count). The predicted octanol–water partition coefficient (Wildman–Crippen LogP) is 5.93. The lowest BCUT2D eigenvalue weighted by atomic mass is 9.86. The predicted molar refractivity (Wildman–Crippen MR) is 138 cm³/mol. The van der Waals surface area contributed by atoms with Crippen LogP contribution >= 0.6 is 11.3 Å². The zero-order chi connectivity index (χ0) is 25.1. The molecule has 1 N–H and O–H groups in total. The SMILES string of the molecule is [C-]#[N+]c1ccc(CCCC(=O)OCC)c(NC(=O)[C@@H]2C[C@]23CCOc2ccc(-c4nccs4)cc23)c1. The standard InChI is InChI=1S/C28H27N3O4S/c1-3-34-25(32)6-4-5-18-7-9-20(29-2)16-23(18)31-26(33)22-17-28(22)11-13-35-24-10-8-19(15-21(24)28)27-30-12-14-36-27/h7-10,12,14-16,22H,3-6,11,13,17H2,1H3,(H,31,33)/t22-,28-/m0/s1. The molecule has 184 valence electrons. The van der Waals surface area contributed by atoms with Crippen LogP contribution in [-0.2, 0) is 26.2 Å². The fraction of sp³-hybridized carbons (Fsp3) is 0.357. The Morgan fingerprint density at radius 3 is 2.97 bits per heavy atom. The first kappa shape index (κ1) is 24.0. The highest BCUT2D eigenvalue weighted by molar-refractivity contribution is 7.13. The first-order valence-corrected chi connectivity index (χ1v) is 13.1. The summed E-state index contributed by atoms with van der Waals surface area (Å²) in [5, 5.41) is 6.01. The van der Waals surface area contributed by atoms with Crippen LogP contribution in [0.25, 0.3) is 15.4 Å². The summed E-state index contributed by atoms with van der Waals surface area (Å²) >= 11 is 1.59. The lowest BCUT2D eigenvalue weighted by molar-refractivity contribution is -0.143. The second-order valence-electron chi connectivity index (χ2n) is 9.16. The molecule has 2 heterocycles. The smallest absolute Gasteiger partial charge is 0.305 e. The van der Waals surface area contributed by atoms with Crippen molar-refractivity contribution in [3.63, 3.8) is 0 Å². The molecule has 1 spiro atoms. The number of nitrogens with zero attached hydrogens (tertiary/aromatic N) is 2. The third kappa shape index (κ3) is 4.71. The molecule has 0 saturated heterocycles. The van der Waals surface area contributed by atoms with Gasteiger partial charge in [0.1, 0.15) is 10.8 Å². The summed E-state index contributed by atoms with van der Waals surface area (Å²) in [6, 6.07) is 11.5. The van der Waals surface area contributed by atoms with Crippen LogP contribution in [0.5, 0.6) is 5.75 Å². The molecule has 36 heavy (non-hydrogen) atoms. The van der Waals surface area contributed by atoms with Gasteiger partial charge in [0.05, 0.1) is 19.8 Å². The van der Waals surface area contributed by atoms with E-state index in [0.29, 0.717) is 43.9 Å². The molecule has 0 unspecified atom stereocenters. The van der Waals surface area contributed by atoms with Gasteiger partial charge < -0.3 is 14.8 Å². The van der Waals surface area contributed by atoms with E-state index in [4.69, 9.17) is 16.0 Å². The van der Waals surface area contributed by atoms with E-state index in [2.05, 4.69) is 21.2 Å². The zero-order valence-electron chi connectivity index (χ0n) is 20.1. The van der Waals surface area contributed by atoms with E-state index in [0.717, 1.165) is 40.3 Å². The highest BCUT2D eigenvalue weighted by Crippen LogP contribution is 2.61. The van der Waals surface area contributed by atoms with Gasteiger partial charge in [-0.3, -0.25) is 9.59 Å². The number of ether oxygens (including phenoxy) is 2. The molecule has 1 fully saturated rings. The van der Waals surface area contributed by atoms with E-state index >= 15 is 0 Å². The van der Waals surface area contributed by atoms with Gasteiger partial charge in [0.15, 0.2) is 5.69 Å². The number of benzene rings is 2. The average molecular weight is 502 g/mol. The van der Waals surface area contributed by atoms with E-state index in [-0.39, 0.29) is 23.2 Å². The van der Waals surface area contributed by atoms with E-state index in [9.17, 15) is 9.59 Å². The number of amides is 1. The minimum absolute atomic E-state index is 0.0451. The Labute approximate surface area is 214 Å². The lowest BCUT2D eigenvalue weighted by Gasteiger charge is -2.27. The minimum atomic E-state index is -0.244. The van der Waals surface area contributed by atoms with Crippen LogP contribution in [0.4, 0.5) is 11.4 Å². The summed E-state index contributed by atoms with van der Waals surface area (Å²) in [4.78, 5) is 33.2. The second-order valence-corrected chi connectivity index (χ2v) is 10.1. The third-order valence-electron chi connectivity index (χ3n) is 7.01. The molecule has 1 aliphatic carbocycles. The number of anilines is 1. The van der Waals surface area contributed by atoms with Crippen molar-refractivity contribution in [2.24, 2.45) is 5.92 Å². The molecule has 1 saturated carbocycles. The molecule has 3 aromatic rings. The maximum atomic E-state index is 13.5. The van der Waals surface area contributed by atoms with Crippen molar-refractivity contribution >= 4 is 34.6 Å². The number of esters is 1. The van der Waals surface area contributed by atoms with Gasteiger partial charge in [0.2, 0.25) is 5.91 Å². The van der Waals surface area contributed by atoms with Crippen LogP contribution in [0.1, 0.15) is 43.7 Å². The molecule has 7 nitrogen and oxygen atoms in total. The van der Waals surface area contributed by atoms with Crippen LogP contribution in [0.2, 0.25) is 0 Å². The molecule has 0 bridgehead atoms. The number of nitrogens with one attached hydrogen (secondary N) is 1. The zero-order valence-corrected chi connectivity index (χ0v) is 20.9. The molecule has 1 aromatic heterocycles. The van der Waals surface area contributed by atoms with Gasteiger partial charge in [-0.1, -0.05) is 12.1 Å². The third-order valence-corrected chi connectivity index (χ3v) is 7.83. The molecule has 2 atom stereocenters. The topological polar surface area (TPSA) is 81.9 Å². The first-order chi connectivity index (χ1) is 17.5. The maximum absolute atomic E-state index is 13.5. The van der Waals surface area contributed by atoms with Crippen molar-refractivity contribution in [3.05, 3.63) is 70.5 Å². The average Bonchev–Trinajstić information content (AvgIpc) is 3.33. The monoisotopic (exact) mass is 501 g/mol. The molecule has 2 aliphatic rings. The van der Waals surface area contributed by atoms with Crippen LogP contribution in [-0.4, -0.2) is 30.1 Å². The quantitative estimate of drug-likeness (QED) is 0.306. The normalized spacial score (nSPS) is 19.6. The van der Waals surface area contributed by atoms with Gasteiger partial charge in [0.25, 0.3) is 0 Å². The molecule has 0 radical (unpaired) electrons. The molecule has 1 aliphatic heterocycles. The fourth-order valence-electron chi connectivity index (χ4n) is 5.09. The molecule has 2 aromatic carbocycles. The Morgan fingerprint density at radius 2 is 2.19 bits per heavy atom. The number of fused-ring (bicyclic) bond motifs is 2. The highest BCUT2D eigenvalue weighted by atomic mass is 32.1. The summed E-state index contributed by atoms with van der Waals surface area (Å²) in [6.07, 6.45) is 4.87. The Morgan fingerprint density at radius 1 is 1.31 bits per heavy atom. The van der Waals surface area contributed by atoms with Crippen molar-refractivity contribution in [2.75, 3.05) is 18.5 Å². The summed E-state index contributed by atoms with van der Waals surface area (Å²) < 4.78 is 10.9. The number of aryl methyl sites for hydroxylation is 1. The second kappa shape index (κ2) is 10.1. The van der Waals surface area contributed by atoms with Gasteiger partial charge in [-0.05, 0) is 62.4 Å². The molecular formula is C28H27N3O4S. The van der Waals surface area contributed by atoms with Crippen LogP contribution < -0.4 is 10.1 Å². The maximum Gasteiger partial charge on any atom is 0.305 e. The Bertz CT molecular complexity index is 1330. The summed E-state index contributed by atoms with van der Waals surface area (Å²) in [6.45, 7) is 10.1. The number of aromatic nitrogens is 1. The van der Waals surface area contributed by atoms with Crippen LogP contribution in [0.15, 0.2) is 48.0 Å².